The van der Waals surface area contributed by atoms with Crippen LogP contribution in [0.2, 0.25) is 0 Å². The number of rotatable bonds is 3. The maximum absolute atomic E-state index is 12.9. The Labute approximate surface area is 148 Å². The number of hydrogen-bond donors (Lipinski definition) is 1. The van der Waals surface area contributed by atoms with Gasteiger partial charge in [0.05, 0.1) is 11.5 Å². The predicted octanol–water partition coefficient (Wildman–Crippen LogP) is 3.70. The number of benzene rings is 1. The SMILES string of the molecule is Cc1oc(C)c(C(=O)N2CCCC(C(=O)Nc3ccccc3)C2)c1C. The van der Waals surface area contributed by atoms with E-state index in [2.05, 4.69) is 5.32 Å². The molecule has 0 radical (unpaired) electrons. The summed E-state index contributed by atoms with van der Waals surface area (Å²) in [4.78, 5) is 27.2. The number of hydrogen-bond acceptors (Lipinski definition) is 3. The van der Waals surface area contributed by atoms with Gasteiger partial charge >= 0.3 is 0 Å². The summed E-state index contributed by atoms with van der Waals surface area (Å²) < 4.78 is 5.58. The fraction of sp³-hybridized carbons (Fsp3) is 0.400. The number of furan rings is 1. The van der Waals surface area contributed by atoms with Crippen molar-refractivity contribution < 1.29 is 14.0 Å². The lowest BCUT2D eigenvalue weighted by Crippen LogP contribution is -2.44. The Morgan fingerprint density at radius 1 is 1.12 bits per heavy atom. The van der Waals surface area contributed by atoms with Gasteiger partial charge in [-0.3, -0.25) is 9.59 Å². The zero-order valence-electron chi connectivity index (χ0n) is 15.0. The highest BCUT2D eigenvalue weighted by Gasteiger charge is 2.31. The maximum Gasteiger partial charge on any atom is 0.257 e. The summed E-state index contributed by atoms with van der Waals surface area (Å²) in [6.45, 7) is 6.71. The topological polar surface area (TPSA) is 62.6 Å². The van der Waals surface area contributed by atoms with E-state index in [4.69, 9.17) is 4.42 Å². The standard InChI is InChI=1S/C20H24N2O3/c1-13-14(2)25-15(3)18(13)20(24)22-11-7-8-16(12-22)19(23)21-17-9-5-4-6-10-17/h4-6,9-10,16H,7-8,11-12H2,1-3H3,(H,21,23). The largest absolute Gasteiger partial charge is 0.466 e. The average Bonchev–Trinajstić information content (AvgIpc) is 2.87. The van der Waals surface area contributed by atoms with Crippen LogP contribution in [0, 0.1) is 26.7 Å². The summed E-state index contributed by atoms with van der Waals surface area (Å²) in [7, 11) is 0. The Morgan fingerprint density at radius 2 is 1.84 bits per heavy atom. The van der Waals surface area contributed by atoms with Gasteiger partial charge in [0, 0.05) is 24.3 Å². The highest BCUT2D eigenvalue weighted by molar-refractivity contribution is 5.98. The number of piperidine rings is 1. The third kappa shape index (κ3) is 3.60. The first-order valence-corrected chi connectivity index (χ1v) is 8.69. The Balaban J connectivity index is 1.70. The van der Waals surface area contributed by atoms with Crippen molar-refractivity contribution in [3.05, 3.63) is 53.0 Å². The smallest absolute Gasteiger partial charge is 0.257 e. The third-order valence-electron chi connectivity index (χ3n) is 4.90. The van der Waals surface area contributed by atoms with Crippen LogP contribution in [0.3, 0.4) is 0 Å². The van der Waals surface area contributed by atoms with Crippen molar-refractivity contribution in [3.63, 3.8) is 0 Å². The van der Waals surface area contributed by atoms with Gasteiger partial charge in [-0.2, -0.15) is 0 Å². The quantitative estimate of drug-likeness (QED) is 0.927. The molecule has 0 bridgehead atoms. The minimum atomic E-state index is -0.188. The summed E-state index contributed by atoms with van der Waals surface area (Å²) in [5.74, 6) is 1.17. The van der Waals surface area contributed by atoms with Crippen molar-refractivity contribution in [2.75, 3.05) is 18.4 Å². The van der Waals surface area contributed by atoms with Crippen LogP contribution < -0.4 is 5.32 Å². The van der Waals surface area contributed by atoms with E-state index in [1.54, 1.807) is 4.90 Å². The van der Waals surface area contributed by atoms with Crippen LogP contribution in [-0.4, -0.2) is 29.8 Å². The van der Waals surface area contributed by atoms with Crippen molar-refractivity contribution in [2.24, 2.45) is 5.92 Å². The molecule has 1 N–H and O–H groups in total. The minimum absolute atomic E-state index is 0.0273. The molecule has 2 aromatic rings. The molecule has 2 heterocycles. The van der Waals surface area contributed by atoms with Gasteiger partial charge in [0.15, 0.2) is 0 Å². The normalized spacial score (nSPS) is 17.4. The molecule has 1 aliphatic heterocycles. The van der Waals surface area contributed by atoms with E-state index >= 15 is 0 Å². The molecule has 1 atom stereocenters. The highest BCUT2D eigenvalue weighted by atomic mass is 16.3. The summed E-state index contributed by atoms with van der Waals surface area (Å²) >= 11 is 0. The van der Waals surface area contributed by atoms with Crippen LogP contribution in [0.4, 0.5) is 5.69 Å². The van der Waals surface area contributed by atoms with Crippen molar-refractivity contribution in [1.29, 1.82) is 0 Å². The highest BCUT2D eigenvalue weighted by Crippen LogP contribution is 2.25. The molecule has 25 heavy (non-hydrogen) atoms. The molecule has 5 heteroatoms. The Bertz CT molecular complexity index is 780. The van der Waals surface area contributed by atoms with E-state index in [1.165, 1.54) is 0 Å². The number of carbonyl (C=O) groups excluding carboxylic acids is 2. The summed E-state index contributed by atoms with van der Waals surface area (Å²) in [6.07, 6.45) is 1.62. The number of anilines is 1. The first-order chi connectivity index (χ1) is 12.0. The molecular weight excluding hydrogens is 316 g/mol. The number of para-hydroxylation sites is 1. The Kier molecular flexibility index (Phi) is 4.93. The van der Waals surface area contributed by atoms with Gasteiger partial charge in [0.1, 0.15) is 11.5 Å². The first kappa shape index (κ1) is 17.3. The Morgan fingerprint density at radius 3 is 2.48 bits per heavy atom. The molecular formula is C20H24N2O3. The van der Waals surface area contributed by atoms with Crippen molar-refractivity contribution >= 4 is 17.5 Å². The fourth-order valence-electron chi connectivity index (χ4n) is 3.41. The second-order valence-electron chi connectivity index (χ2n) is 6.66. The predicted molar refractivity (Wildman–Crippen MR) is 96.6 cm³/mol. The third-order valence-corrected chi connectivity index (χ3v) is 4.90. The molecule has 1 aromatic carbocycles. The van der Waals surface area contributed by atoms with Crippen LogP contribution in [-0.2, 0) is 4.79 Å². The van der Waals surface area contributed by atoms with Gasteiger partial charge in [-0.05, 0) is 45.7 Å². The molecule has 0 spiro atoms. The lowest BCUT2D eigenvalue weighted by Gasteiger charge is -2.32. The number of carbonyl (C=O) groups is 2. The van der Waals surface area contributed by atoms with Gasteiger partial charge in [-0.25, -0.2) is 0 Å². The number of amides is 2. The van der Waals surface area contributed by atoms with E-state index in [-0.39, 0.29) is 17.7 Å². The van der Waals surface area contributed by atoms with E-state index < -0.39 is 0 Å². The van der Waals surface area contributed by atoms with E-state index in [9.17, 15) is 9.59 Å². The first-order valence-electron chi connectivity index (χ1n) is 8.69. The van der Waals surface area contributed by atoms with E-state index in [1.807, 2.05) is 51.1 Å². The summed E-state index contributed by atoms with van der Waals surface area (Å²) in [5, 5.41) is 2.94. The van der Waals surface area contributed by atoms with Crippen LogP contribution >= 0.6 is 0 Å². The van der Waals surface area contributed by atoms with Crippen molar-refractivity contribution in [2.45, 2.75) is 33.6 Å². The number of nitrogens with zero attached hydrogens (tertiary/aromatic N) is 1. The second-order valence-corrected chi connectivity index (χ2v) is 6.66. The molecule has 0 aliphatic carbocycles. The molecule has 1 saturated heterocycles. The van der Waals surface area contributed by atoms with Crippen LogP contribution in [0.15, 0.2) is 34.7 Å². The van der Waals surface area contributed by atoms with E-state index in [0.717, 1.165) is 29.9 Å². The Hall–Kier alpha value is -2.56. The van der Waals surface area contributed by atoms with Crippen molar-refractivity contribution in [3.8, 4) is 0 Å². The molecule has 132 valence electrons. The van der Waals surface area contributed by atoms with Crippen molar-refractivity contribution in [1.82, 2.24) is 4.90 Å². The molecule has 1 fully saturated rings. The zero-order valence-corrected chi connectivity index (χ0v) is 15.0. The molecule has 1 aromatic heterocycles. The number of nitrogens with one attached hydrogen (secondary N) is 1. The van der Waals surface area contributed by atoms with Crippen LogP contribution in [0.1, 0.15) is 40.3 Å². The molecule has 0 saturated carbocycles. The fourth-order valence-corrected chi connectivity index (χ4v) is 3.41. The lowest BCUT2D eigenvalue weighted by molar-refractivity contribution is -0.121. The lowest BCUT2D eigenvalue weighted by atomic mass is 9.96. The minimum Gasteiger partial charge on any atom is -0.466 e. The van der Waals surface area contributed by atoms with Gasteiger partial charge in [0.2, 0.25) is 5.91 Å². The summed E-state index contributed by atoms with van der Waals surface area (Å²) in [5.41, 5.74) is 2.31. The zero-order chi connectivity index (χ0) is 18.0. The monoisotopic (exact) mass is 340 g/mol. The maximum atomic E-state index is 12.9. The number of likely N-dealkylation sites (tertiary alicyclic amines) is 1. The van der Waals surface area contributed by atoms with Gasteiger partial charge in [-0.1, -0.05) is 18.2 Å². The van der Waals surface area contributed by atoms with Crippen LogP contribution in [0.5, 0.6) is 0 Å². The molecule has 1 unspecified atom stereocenters. The van der Waals surface area contributed by atoms with Crippen LogP contribution in [0.25, 0.3) is 0 Å². The molecule has 5 nitrogen and oxygen atoms in total. The molecule has 1 aliphatic rings. The molecule has 2 amide bonds. The van der Waals surface area contributed by atoms with E-state index in [0.29, 0.717) is 24.4 Å². The second kappa shape index (κ2) is 7.13. The van der Waals surface area contributed by atoms with Gasteiger partial charge in [-0.15, -0.1) is 0 Å². The van der Waals surface area contributed by atoms with Gasteiger partial charge < -0.3 is 14.6 Å². The molecule has 3 rings (SSSR count). The average molecular weight is 340 g/mol. The summed E-state index contributed by atoms with van der Waals surface area (Å²) in [6, 6.07) is 9.42. The van der Waals surface area contributed by atoms with Gasteiger partial charge in [0.25, 0.3) is 5.91 Å². The number of aryl methyl sites for hydroxylation is 2.